The highest BCUT2D eigenvalue weighted by Crippen LogP contribution is 2.31. The van der Waals surface area contributed by atoms with Crippen LogP contribution in [0, 0.1) is 0 Å². The molecule has 0 N–H and O–H groups in total. The molecule has 3 rings (SSSR count). The van der Waals surface area contributed by atoms with E-state index in [1.165, 1.54) is 50.6 Å². The van der Waals surface area contributed by atoms with E-state index in [1.54, 1.807) is 12.1 Å². The Kier molecular flexibility index (Phi) is 8.39. The third-order valence-corrected chi connectivity index (χ3v) is 5.87. The maximum absolute atomic E-state index is 11.6. The minimum atomic E-state index is -0.349. The van der Waals surface area contributed by atoms with E-state index in [9.17, 15) is 4.79 Å². The number of esters is 1. The molecule has 158 valence electrons. The Morgan fingerprint density at radius 3 is 2.00 bits per heavy atom. The van der Waals surface area contributed by atoms with E-state index in [0.29, 0.717) is 5.56 Å². The van der Waals surface area contributed by atoms with Crippen molar-refractivity contribution in [3.8, 4) is 26.9 Å². The maximum atomic E-state index is 11.6. The van der Waals surface area contributed by atoms with Crippen molar-refractivity contribution in [1.29, 1.82) is 0 Å². The summed E-state index contributed by atoms with van der Waals surface area (Å²) in [6, 6.07) is 15.2. The van der Waals surface area contributed by atoms with Crippen LogP contribution in [0.1, 0.15) is 55.8 Å². The minimum Gasteiger partial charge on any atom is -0.494 e. The third-order valence-electron chi connectivity index (χ3n) is 4.85. The molecule has 0 saturated heterocycles. The van der Waals surface area contributed by atoms with Gasteiger partial charge in [0.1, 0.15) is 15.8 Å². The summed E-state index contributed by atoms with van der Waals surface area (Å²) in [6.45, 7) is 3.00. The van der Waals surface area contributed by atoms with Crippen molar-refractivity contribution in [1.82, 2.24) is 10.2 Å². The van der Waals surface area contributed by atoms with E-state index >= 15 is 0 Å². The average Bonchev–Trinajstić information content (AvgIpc) is 3.29. The van der Waals surface area contributed by atoms with Gasteiger partial charge in [-0.2, -0.15) is 0 Å². The smallest absolute Gasteiger partial charge is 0.337 e. The molecular weight excluding hydrogens is 396 g/mol. The molecule has 0 aliphatic heterocycles. The van der Waals surface area contributed by atoms with Crippen LogP contribution in [-0.2, 0) is 4.74 Å². The number of methoxy groups -OCH3 is 1. The van der Waals surface area contributed by atoms with Crippen LogP contribution in [0.25, 0.3) is 21.1 Å². The second-order valence-electron chi connectivity index (χ2n) is 7.12. The fourth-order valence-corrected chi connectivity index (χ4v) is 3.94. The van der Waals surface area contributed by atoms with Gasteiger partial charge in [0, 0.05) is 11.1 Å². The van der Waals surface area contributed by atoms with Gasteiger partial charge in [-0.3, -0.25) is 0 Å². The van der Waals surface area contributed by atoms with Crippen molar-refractivity contribution < 1.29 is 14.3 Å². The molecule has 0 atom stereocenters. The number of unbranched alkanes of at least 4 members (excludes halogenated alkanes) is 5. The summed E-state index contributed by atoms with van der Waals surface area (Å²) in [5.41, 5.74) is 2.45. The third kappa shape index (κ3) is 6.13. The first-order chi connectivity index (χ1) is 14.7. The monoisotopic (exact) mass is 424 g/mol. The summed E-state index contributed by atoms with van der Waals surface area (Å²) in [5, 5.41) is 10.3. The molecule has 30 heavy (non-hydrogen) atoms. The molecule has 5 nitrogen and oxygen atoms in total. The Labute approximate surface area is 182 Å². The minimum absolute atomic E-state index is 0.349. The van der Waals surface area contributed by atoms with Crippen LogP contribution in [0.4, 0.5) is 0 Å². The summed E-state index contributed by atoms with van der Waals surface area (Å²) >= 11 is 1.52. The summed E-state index contributed by atoms with van der Waals surface area (Å²) in [7, 11) is 1.37. The van der Waals surface area contributed by atoms with Gasteiger partial charge < -0.3 is 9.47 Å². The van der Waals surface area contributed by atoms with E-state index in [0.717, 1.165) is 39.9 Å². The van der Waals surface area contributed by atoms with Gasteiger partial charge in [-0.25, -0.2) is 4.79 Å². The number of benzene rings is 2. The van der Waals surface area contributed by atoms with Crippen molar-refractivity contribution in [3.05, 3.63) is 54.1 Å². The standard InChI is InChI=1S/C24H28N2O3S/c1-3-4-5-6-7-8-17-29-21-15-13-19(14-16-21)23-26-25-22(30-23)18-9-11-20(12-10-18)24(27)28-2/h9-16H,3-8,17H2,1-2H3. The van der Waals surface area contributed by atoms with E-state index < -0.39 is 0 Å². The lowest BCUT2D eigenvalue weighted by Gasteiger charge is -2.06. The average molecular weight is 425 g/mol. The van der Waals surface area contributed by atoms with Gasteiger partial charge in [-0.1, -0.05) is 62.5 Å². The molecule has 0 radical (unpaired) electrons. The lowest BCUT2D eigenvalue weighted by Crippen LogP contribution is -2.00. The number of hydrogen-bond donors (Lipinski definition) is 0. The van der Waals surface area contributed by atoms with Crippen molar-refractivity contribution in [2.75, 3.05) is 13.7 Å². The van der Waals surface area contributed by atoms with Gasteiger partial charge in [0.2, 0.25) is 0 Å². The molecule has 0 unspecified atom stereocenters. The van der Waals surface area contributed by atoms with Gasteiger partial charge in [0.25, 0.3) is 0 Å². The Bertz CT molecular complexity index is 920. The first-order valence-electron chi connectivity index (χ1n) is 10.5. The van der Waals surface area contributed by atoms with Crippen LogP contribution in [0.15, 0.2) is 48.5 Å². The zero-order chi connectivity index (χ0) is 21.2. The molecule has 0 aliphatic carbocycles. The highest BCUT2D eigenvalue weighted by atomic mass is 32.1. The Hall–Kier alpha value is -2.73. The van der Waals surface area contributed by atoms with E-state index in [1.807, 2.05) is 36.4 Å². The SMILES string of the molecule is CCCCCCCCOc1ccc(-c2nnc(-c3ccc(C(=O)OC)cc3)s2)cc1. The first kappa shape index (κ1) is 22.0. The molecule has 1 heterocycles. The van der Waals surface area contributed by atoms with Crippen LogP contribution in [-0.4, -0.2) is 29.9 Å². The quantitative estimate of drug-likeness (QED) is 0.263. The van der Waals surface area contributed by atoms with E-state index in [4.69, 9.17) is 9.47 Å². The number of nitrogens with zero attached hydrogens (tertiary/aromatic N) is 2. The van der Waals surface area contributed by atoms with Gasteiger partial charge >= 0.3 is 5.97 Å². The largest absolute Gasteiger partial charge is 0.494 e. The number of carbonyl (C=O) groups excluding carboxylic acids is 1. The second-order valence-corrected chi connectivity index (χ2v) is 8.10. The molecule has 0 spiro atoms. The topological polar surface area (TPSA) is 61.3 Å². The molecular formula is C24H28N2O3S. The number of hydrogen-bond acceptors (Lipinski definition) is 6. The Morgan fingerprint density at radius 2 is 1.40 bits per heavy atom. The number of ether oxygens (including phenoxy) is 2. The zero-order valence-electron chi connectivity index (χ0n) is 17.6. The summed E-state index contributed by atoms with van der Waals surface area (Å²) in [4.78, 5) is 11.6. The predicted octanol–water partition coefficient (Wildman–Crippen LogP) is 6.40. The summed E-state index contributed by atoms with van der Waals surface area (Å²) < 4.78 is 10.6. The molecule has 2 aromatic carbocycles. The lowest BCUT2D eigenvalue weighted by atomic mass is 10.1. The number of aromatic nitrogens is 2. The maximum Gasteiger partial charge on any atom is 0.337 e. The summed E-state index contributed by atoms with van der Waals surface area (Å²) in [5.74, 6) is 0.536. The number of rotatable bonds is 11. The molecule has 0 aliphatic rings. The molecule has 3 aromatic rings. The fourth-order valence-electron chi connectivity index (χ4n) is 3.09. The fraction of sp³-hybridized carbons (Fsp3) is 0.375. The Balaban J connectivity index is 1.53. The van der Waals surface area contributed by atoms with Crippen molar-refractivity contribution in [3.63, 3.8) is 0 Å². The lowest BCUT2D eigenvalue weighted by molar-refractivity contribution is 0.0601. The first-order valence-corrected chi connectivity index (χ1v) is 11.3. The highest BCUT2D eigenvalue weighted by Gasteiger charge is 2.11. The van der Waals surface area contributed by atoms with Crippen molar-refractivity contribution in [2.24, 2.45) is 0 Å². The molecule has 0 amide bonds. The van der Waals surface area contributed by atoms with Crippen molar-refractivity contribution in [2.45, 2.75) is 45.4 Å². The molecule has 1 aromatic heterocycles. The van der Waals surface area contributed by atoms with Crippen LogP contribution >= 0.6 is 11.3 Å². The van der Waals surface area contributed by atoms with Crippen LogP contribution in [0.5, 0.6) is 5.75 Å². The van der Waals surface area contributed by atoms with Crippen LogP contribution in [0.2, 0.25) is 0 Å². The van der Waals surface area contributed by atoms with E-state index in [2.05, 4.69) is 17.1 Å². The molecule has 6 heteroatoms. The normalized spacial score (nSPS) is 10.7. The van der Waals surface area contributed by atoms with Crippen molar-refractivity contribution >= 4 is 17.3 Å². The molecule has 0 fully saturated rings. The van der Waals surface area contributed by atoms with Crippen LogP contribution < -0.4 is 4.74 Å². The highest BCUT2D eigenvalue weighted by molar-refractivity contribution is 7.17. The van der Waals surface area contributed by atoms with Gasteiger partial charge in [0.05, 0.1) is 19.3 Å². The number of carbonyl (C=O) groups is 1. The predicted molar refractivity (Wildman–Crippen MR) is 121 cm³/mol. The molecule has 0 saturated carbocycles. The van der Waals surface area contributed by atoms with Gasteiger partial charge in [0.15, 0.2) is 0 Å². The summed E-state index contributed by atoms with van der Waals surface area (Å²) in [6.07, 6.45) is 7.55. The van der Waals surface area contributed by atoms with E-state index in [-0.39, 0.29) is 5.97 Å². The zero-order valence-corrected chi connectivity index (χ0v) is 18.4. The second kappa shape index (κ2) is 11.5. The Morgan fingerprint density at radius 1 is 0.833 bits per heavy atom. The van der Waals surface area contributed by atoms with Crippen LogP contribution in [0.3, 0.4) is 0 Å². The van der Waals surface area contributed by atoms with Gasteiger partial charge in [-0.15, -0.1) is 10.2 Å². The van der Waals surface area contributed by atoms with Gasteiger partial charge in [-0.05, 0) is 42.8 Å². The molecule has 0 bridgehead atoms.